The quantitative estimate of drug-likeness (QED) is 0.902. The fourth-order valence-electron chi connectivity index (χ4n) is 2.43. The lowest BCUT2D eigenvalue weighted by atomic mass is 10.2. The van der Waals surface area contributed by atoms with Gasteiger partial charge in [-0.25, -0.2) is 8.78 Å². The molecular weight excluding hydrogens is 276 g/mol. The number of anilines is 1. The minimum absolute atomic E-state index is 0.0231. The van der Waals surface area contributed by atoms with Crippen LogP contribution in [0.15, 0.2) is 18.2 Å². The van der Waals surface area contributed by atoms with Gasteiger partial charge in [0, 0.05) is 39.1 Å². The number of amides is 1. The molecular formula is C15H21F2N3O. The summed E-state index contributed by atoms with van der Waals surface area (Å²) in [5.74, 6) is -1.26. The summed E-state index contributed by atoms with van der Waals surface area (Å²) in [6.07, 6.45) is 0.236. The van der Waals surface area contributed by atoms with Gasteiger partial charge in [0.25, 0.3) is 0 Å². The van der Waals surface area contributed by atoms with Gasteiger partial charge >= 0.3 is 0 Å². The van der Waals surface area contributed by atoms with Crippen LogP contribution in [-0.4, -0.2) is 55.0 Å². The molecule has 0 saturated carbocycles. The lowest BCUT2D eigenvalue weighted by Crippen LogP contribution is -2.48. The molecule has 1 aromatic rings. The maximum atomic E-state index is 13.4. The summed E-state index contributed by atoms with van der Waals surface area (Å²) in [6, 6.07) is 3.70. The van der Waals surface area contributed by atoms with Gasteiger partial charge in [0.1, 0.15) is 17.3 Å². The lowest BCUT2D eigenvalue weighted by molar-refractivity contribution is -0.132. The maximum absolute atomic E-state index is 13.4. The van der Waals surface area contributed by atoms with Gasteiger partial charge in [-0.15, -0.1) is 0 Å². The second kappa shape index (κ2) is 7.36. The zero-order valence-corrected chi connectivity index (χ0v) is 12.2. The number of para-hydroxylation sites is 1. The molecule has 116 valence electrons. The third kappa shape index (κ3) is 4.14. The van der Waals surface area contributed by atoms with Gasteiger partial charge in [-0.1, -0.05) is 13.0 Å². The minimum atomic E-state index is -0.640. The molecule has 21 heavy (non-hydrogen) atoms. The predicted molar refractivity (Wildman–Crippen MR) is 78.2 cm³/mol. The first-order valence-corrected chi connectivity index (χ1v) is 7.30. The van der Waals surface area contributed by atoms with Crippen LogP contribution in [0.5, 0.6) is 0 Å². The molecule has 1 N–H and O–H groups in total. The van der Waals surface area contributed by atoms with E-state index in [0.29, 0.717) is 0 Å². The molecule has 0 aromatic heterocycles. The molecule has 0 aliphatic carbocycles. The highest BCUT2D eigenvalue weighted by molar-refractivity contribution is 5.76. The van der Waals surface area contributed by atoms with E-state index in [1.807, 2.05) is 4.90 Å². The van der Waals surface area contributed by atoms with E-state index in [0.717, 1.165) is 32.7 Å². The molecule has 1 amide bonds. The SMILES string of the molecule is CCN1CCN(C(=O)CCNc2c(F)cccc2F)CC1. The number of nitrogens with zero attached hydrogens (tertiary/aromatic N) is 2. The number of benzene rings is 1. The van der Waals surface area contributed by atoms with Crippen molar-refractivity contribution in [2.45, 2.75) is 13.3 Å². The second-order valence-electron chi connectivity index (χ2n) is 5.09. The molecule has 2 rings (SSSR count). The Hall–Kier alpha value is -1.69. The number of carbonyl (C=O) groups is 1. The van der Waals surface area contributed by atoms with E-state index in [1.54, 1.807) is 0 Å². The van der Waals surface area contributed by atoms with Crippen LogP contribution in [0.4, 0.5) is 14.5 Å². The van der Waals surface area contributed by atoms with Crippen molar-refractivity contribution >= 4 is 11.6 Å². The Balaban J connectivity index is 1.77. The van der Waals surface area contributed by atoms with E-state index in [-0.39, 0.29) is 24.6 Å². The van der Waals surface area contributed by atoms with Crippen molar-refractivity contribution in [1.82, 2.24) is 9.80 Å². The summed E-state index contributed by atoms with van der Waals surface area (Å²) in [7, 11) is 0. The Morgan fingerprint density at radius 1 is 1.19 bits per heavy atom. The minimum Gasteiger partial charge on any atom is -0.380 e. The van der Waals surface area contributed by atoms with Crippen molar-refractivity contribution in [3.8, 4) is 0 Å². The highest BCUT2D eigenvalue weighted by Gasteiger charge is 2.19. The summed E-state index contributed by atoms with van der Waals surface area (Å²) in [6.45, 7) is 6.54. The molecule has 0 unspecified atom stereocenters. The average molecular weight is 297 g/mol. The fourth-order valence-corrected chi connectivity index (χ4v) is 2.43. The first-order valence-electron chi connectivity index (χ1n) is 7.30. The number of nitrogens with one attached hydrogen (secondary N) is 1. The number of hydrogen-bond donors (Lipinski definition) is 1. The summed E-state index contributed by atoms with van der Waals surface area (Å²) in [5, 5.41) is 2.66. The van der Waals surface area contributed by atoms with Gasteiger partial charge in [-0.05, 0) is 18.7 Å². The maximum Gasteiger partial charge on any atom is 0.224 e. The first kappa shape index (κ1) is 15.7. The van der Waals surface area contributed by atoms with Gasteiger partial charge < -0.3 is 15.1 Å². The summed E-state index contributed by atoms with van der Waals surface area (Å²) >= 11 is 0. The van der Waals surface area contributed by atoms with Crippen molar-refractivity contribution in [3.05, 3.63) is 29.8 Å². The van der Waals surface area contributed by atoms with E-state index in [1.165, 1.54) is 18.2 Å². The van der Waals surface area contributed by atoms with Crippen LogP contribution in [-0.2, 0) is 4.79 Å². The lowest BCUT2D eigenvalue weighted by Gasteiger charge is -2.34. The summed E-state index contributed by atoms with van der Waals surface area (Å²) in [5.41, 5.74) is -0.166. The fraction of sp³-hybridized carbons (Fsp3) is 0.533. The molecule has 0 spiro atoms. The Bertz CT molecular complexity index is 468. The largest absolute Gasteiger partial charge is 0.380 e. The van der Waals surface area contributed by atoms with Crippen LogP contribution in [0.25, 0.3) is 0 Å². The molecule has 1 heterocycles. The van der Waals surface area contributed by atoms with Gasteiger partial charge in [-0.2, -0.15) is 0 Å². The Morgan fingerprint density at radius 2 is 1.81 bits per heavy atom. The number of likely N-dealkylation sites (N-methyl/N-ethyl adjacent to an activating group) is 1. The van der Waals surface area contributed by atoms with Crippen molar-refractivity contribution < 1.29 is 13.6 Å². The molecule has 1 fully saturated rings. The molecule has 1 aromatic carbocycles. The highest BCUT2D eigenvalue weighted by Crippen LogP contribution is 2.17. The number of rotatable bonds is 5. The van der Waals surface area contributed by atoms with E-state index in [4.69, 9.17) is 0 Å². The Kier molecular flexibility index (Phi) is 5.50. The molecule has 1 aliphatic rings. The zero-order valence-electron chi connectivity index (χ0n) is 12.2. The Labute approximate surface area is 123 Å². The van der Waals surface area contributed by atoms with Gasteiger partial charge in [0.05, 0.1) is 0 Å². The van der Waals surface area contributed by atoms with Gasteiger partial charge in [0.2, 0.25) is 5.91 Å². The average Bonchev–Trinajstić information content (AvgIpc) is 2.50. The molecule has 4 nitrogen and oxygen atoms in total. The second-order valence-corrected chi connectivity index (χ2v) is 5.09. The van der Waals surface area contributed by atoms with Crippen LogP contribution < -0.4 is 5.32 Å². The van der Waals surface area contributed by atoms with Crippen LogP contribution in [0, 0.1) is 11.6 Å². The molecule has 6 heteroatoms. The molecule has 0 atom stereocenters. The van der Waals surface area contributed by atoms with Crippen LogP contribution in [0.2, 0.25) is 0 Å². The summed E-state index contributed by atoms with van der Waals surface area (Å²) < 4.78 is 26.8. The van der Waals surface area contributed by atoms with Crippen molar-refractivity contribution in [2.75, 3.05) is 44.6 Å². The molecule has 1 saturated heterocycles. The van der Waals surface area contributed by atoms with E-state index >= 15 is 0 Å². The Morgan fingerprint density at radius 3 is 2.38 bits per heavy atom. The standard InChI is InChI=1S/C15H21F2N3O/c1-2-19-8-10-20(11-9-19)14(21)6-7-18-15-12(16)4-3-5-13(15)17/h3-5,18H,2,6-11H2,1H3. The third-order valence-corrected chi connectivity index (χ3v) is 3.78. The predicted octanol–water partition coefficient (Wildman–Crippen LogP) is 1.93. The monoisotopic (exact) mass is 297 g/mol. The van der Waals surface area contributed by atoms with Crippen molar-refractivity contribution in [2.24, 2.45) is 0 Å². The summed E-state index contributed by atoms with van der Waals surface area (Å²) in [4.78, 5) is 16.1. The van der Waals surface area contributed by atoms with Crippen molar-refractivity contribution in [3.63, 3.8) is 0 Å². The van der Waals surface area contributed by atoms with Crippen LogP contribution >= 0.6 is 0 Å². The van der Waals surface area contributed by atoms with Crippen molar-refractivity contribution in [1.29, 1.82) is 0 Å². The zero-order chi connectivity index (χ0) is 15.2. The topological polar surface area (TPSA) is 35.6 Å². The van der Waals surface area contributed by atoms with Crippen LogP contribution in [0.1, 0.15) is 13.3 Å². The number of carbonyl (C=O) groups excluding carboxylic acids is 1. The van der Waals surface area contributed by atoms with E-state index in [9.17, 15) is 13.6 Å². The number of piperazine rings is 1. The number of hydrogen-bond acceptors (Lipinski definition) is 3. The number of halogens is 2. The smallest absolute Gasteiger partial charge is 0.224 e. The van der Waals surface area contributed by atoms with Crippen LogP contribution in [0.3, 0.4) is 0 Å². The van der Waals surface area contributed by atoms with E-state index in [2.05, 4.69) is 17.1 Å². The molecule has 0 radical (unpaired) electrons. The van der Waals surface area contributed by atoms with Gasteiger partial charge in [-0.3, -0.25) is 4.79 Å². The highest BCUT2D eigenvalue weighted by atomic mass is 19.1. The first-order chi connectivity index (χ1) is 10.1. The molecule has 1 aliphatic heterocycles. The third-order valence-electron chi connectivity index (χ3n) is 3.78. The van der Waals surface area contributed by atoms with Gasteiger partial charge in [0.15, 0.2) is 0 Å². The van der Waals surface area contributed by atoms with E-state index < -0.39 is 11.6 Å². The normalized spacial score (nSPS) is 16.0. The molecule has 0 bridgehead atoms.